The standard InChI is InChI=1S/C20H20N6O4/c1-28-15-6-5-13(17(29-2)18(15)30-3)11-26-16(7-9-22-26)24-19(27)14-12-25-10-4-8-21-20(25)23-14/h4-10,12H,11H2,1-3H3,(H,24,27). The van der Waals surface area contributed by atoms with Crippen LogP contribution in [0.25, 0.3) is 5.78 Å². The Kier molecular flexibility index (Phi) is 5.21. The van der Waals surface area contributed by atoms with E-state index in [0.717, 1.165) is 5.56 Å². The Morgan fingerprint density at radius 1 is 1.07 bits per heavy atom. The maximum Gasteiger partial charge on any atom is 0.277 e. The smallest absolute Gasteiger partial charge is 0.277 e. The minimum absolute atomic E-state index is 0.255. The molecule has 3 heterocycles. The molecule has 0 fully saturated rings. The van der Waals surface area contributed by atoms with Gasteiger partial charge in [-0.1, -0.05) is 0 Å². The number of aromatic nitrogens is 5. The number of nitrogens with one attached hydrogen (secondary N) is 1. The van der Waals surface area contributed by atoms with Crippen LogP contribution in [0.4, 0.5) is 5.82 Å². The van der Waals surface area contributed by atoms with E-state index in [1.807, 2.05) is 6.07 Å². The second-order valence-corrected chi connectivity index (χ2v) is 6.27. The number of benzene rings is 1. The van der Waals surface area contributed by atoms with E-state index in [1.165, 1.54) is 0 Å². The first kappa shape index (κ1) is 19.2. The molecule has 0 unspecified atom stereocenters. The van der Waals surface area contributed by atoms with Crippen molar-refractivity contribution in [2.45, 2.75) is 6.54 Å². The number of fused-ring (bicyclic) bond motifs is 1. The number of imidazole rings is 1. The molecule has 10 heteroatoms. The highest BCUT2D eigenvalue weighted by Gasteiger charge is 2.18. The van der Waals surface area contributed by atoms with Crippen molar-refractivity contribution < 1.29 is 19.0 Å². The molecular weight excluding hydrogens is 388 g/mol. The normalized spacial score (nSPS) is 10.8. The number of carbonyl (C=O) groups excluding carboxylic acids is 1. The van der Waals surface area contributed by atoms with Crippen LogP contribution in [-0.4, -0.2) is 51.4 Å². The van der Waals surface area contributed by atoms with Gasteiger partial charge in [-0.3, -0.25) is 9.20 Å². The van der Waals surface area contributed by atoms with Crippen molar-refractivity contribution in [3.05, 3.63) is 60.3 Å². The summed E-state index contributed by atoms with van der Waals surface area (Å²) < 4.78 is 19.6. The summed E-state index contributed by atoms with van der Waals surface area (Å²) in [6, 6.07) is 7.13. The topological polar surface area (TPSA) is 105 Å². The van der Waals surface area contributed by atoms with E-state index in [4.69, 9.17) is 14.2 Å². The Balaban J connectivity index is 1.59. The third kappa shape index (κ3) is 3.50. The number of anilines is 1. The van der Waals surface area contributed by atoms with Gasteiger partial charge in [0.05, 0.1) is 34.1 Å². The van der Waals surface area contributed by atoms with Gasteiger partial charge < -0.3 is 19.5 Å². The SMILES string of the molecule is COc1ccc(Cn2nccc2NC(=O)c2cn3cccnc3n2)c(OC)c1OC. The molecule has 0 saturated heterocycles. The first-order valence-electron chi connectivity index (χ1n) is 9.05. The minimum atomic E-state index is -0.360. The fourth-order valence-corrected chi connectivity index (χ4v) is 3.13. The summed E-state index contributed by atoms with van der Waals surface area (Å²) in [4.78, 5) is 21.0. The Labute approximate surface area is 172 Å². The van der Waals surface area contributed by atoms with E-state index in [1.54, 1.807) is 73.4 Å². The number of rotatable bonds is 7. The summed E-state index contributed by atoms with van der Waals surface area (Å²) >= 11 is 0. The van der Waals surface area contributed by atoms with Gasteiger partial charge >= 0.3 is 0 Å². The highest BCUT2D eigenvalue weighted by atomic mass is 16.5. The van der Waals surface area contributed by atoms with Gasteiger partial charge in [-0.25, -0.2) is 14.6 Å². The summed E-state index contributed by atoms with van der Waals surface area (Å²) in [6.07, 6.45) is 6.62. The zero-order chi connectivity index (χ0) is 21.1. The van der Waals surface area contributed by atoms with Crippen molar-refractivity contribution in [3.63, 3.8) is 0 Å². The van der Waals surface area contributed by atoms with Crippen molar-refractivity contribution in [1.82, 2.24) is 24.1 Å². The van der Waals surface area contributed by atoms with E-state index < -0.39 is 0 Å². The molecule has 0 aliphatic rings. The molecule has 4 rings (SSSR count). The number of hydrogen-bond donors (Lipinski definition) is 1. The molecule has 4 aromatic rings. The summed E-state index contributed by atoms with van der Waals surface area (Å²) in [6.45, 7) is 0.346. The van der Waals surface area contributed by atoms with Crippen LogP contribution in [0.15, 0.2) is 49.1 Å². The van der Waals surface area contributed by atoms with E-state index in [-0.39, 0.29) is 11.6 Å². The van der Waals surface area contributed by atoms with Crippen LogP contribution in [0, 0.1) is 0 Å². The number of methoxy groups -OCH3 is 3. The number of nitrogens with zero attached hydrogens (tertiary/aromatic N) is 5. The molecule has 0 saturated carbocycles. The number of ether oxygens (including phenoxy) is 3. The van der Waals surface area contributed by atoms with Crippen molar-refractivity contribution in [3.8, 4) is 17.2 Å². The number of amides is 1. The average molecular weight is 408 g/mol. The van der Waals surface area contributed by atoms with Gasteiger partial charge in [0.2, 0.25) is 11.5 Å². The maximum absolute atomic E-state index is 12.7. The Hall–Kier alpha value is -4.08. The molecule has 0 atom stereocenters. The average Bonchev–Trinajstić information content (AvgIpc) is 3.40. The molecule has 0 aliphatic carbocycles. The quantitative estimate of drug-likeness (QED) is 0.500. The van der Waals surface area contributed by atoms with Crippen LogP contribution in [0.1, 0.15) is 16.1 Å². The van der Waals surface area contributed by atoms with E-state index >= 15 is 0 Å². The maximum atomic E-state index is 12.7. The van der Waals surface area contributed by atoms with Crippen molar-refractivity contribution in [1.29, 1.82) is 0 Å². The van der Waals surface area contributed by atoms with Crippen LogP contribution in [0.2, 0.25) is 0 Å². The number of hydrogen-bond acceptors (Lipinski definition) is 7. The molecule has 0 radical (unpaired) electrons. The van der Waals surface area contributed by atoms with Crippen LogP contribution < -0.4 is 19.5 Å². The lowest BCUT2D eigenvalue weighted by atomic mass is 10.1. The molecule has 1 amide bonds. The lowest BCUT2D eigenvalue weighted by molar-refractivity contribution is 0.102. The molecular formula is C20H20N6O4. The lowest BCUT2D eigenvalue weighted by Crippen LogP contribution is -2.16. The second kappa shape index (κ2) is 8.11. The Morgan fingerprint density at radius 3 is 2.63 bits per heavy atom. The molecule has 30 heavy (non-hydrogen) atoms. The van der Waals surface area contributed by atoms with E-state index in [0.29, 0.717) is 35.4 Å². The predicted molar refractivity (Wildman–Crippen MR) is 108 cm³/mol. The molecule has 10 nitrogen and oxygen atoms in total. The fourth-order valence-electron chi connectivity index (χ4n) is 3.13. The van der Waals surface area contributed by atoms with Crippen LogP contribution in [0.5, 0.6) is 17.2 Å². The molecule has 0 bridgehead atoms. The Bertz CT molecular complexity index is 1170. The van der Waals surface area contributed by atoms with Gasteiger partial charge in [-0.15, -0.1) is 0 Å². The highest BCUT2D eigenvalue weighted by molar-refractivity contribution is 6.02. The summed E-state index contributed by atoms with van der Waals surface area (Å²) in [7, 11) is 4.67. The van der Waals surface area contributed by atoms with E-state index in [2.05, 4.69) is 20.4 Å². The molecule has 1 N–H and O–H groups in total. The van der Waals surface area contributed by atoms with Crippen molar-refractivity contribution in [2.24, 2.45) is 0 Å². The monoisotopic (exact) mass is 408 g/mol. The van der Waals surface area contributed by atoms with Gasteiger partial charge in [-0.05, 0) is 18.2 Å². The number of carbonyl (C=O) groups is 1. The van der Waals surface area contributed by atoms with Gasteiger partial charge in [0.25, 0.3) is 5.91 Å². The van der Waals surface area contributed by atoms with Crippen LogP contribution in [-0.2, 0) is 6.54 Å². The van der Waals surface area contributed by atoms with Crippen molar-refractivity contribution in [2.75, 3.05) is 26.6 Å². The second-order valence-electron chi connectivity index (χ2n) is 6.27. The first-order valence-corrected chi connectivity index (χ1v) is 9.05. The largest absolute Gasteiger partial charge is 0.493 e. The first-order chi connectivity index (χ1) is 14.6. The molecule has 154 valence electrons. The third-order valence-electron chi connectivity index (χ3n) is 4.53. The molecule has 0 aliphatic heterocycles. The zero-order valence-electron chi connectivity index (χ0n) is 16.7. The summed E-state index contributed by atoms with van der Waals surface area (Å²) in [5.74, 6) is 2.20. The van der Waals surface area contributed by atoms with Gasteiger partial charge in [0.1, 0.15) is 11.5 Å². The zero-order valence-corrected chi connectivity index (χ0v) is 16.7. The Morgan fingerprint density at radius 2 is 1.90 bits per heavy atom. The third-order valence-corrected chi connectivity index (χ3v) is 4.53. The molecule has 0 spiro atoms. The summed E-state index contributed by atoms with van der Waals surface area (Å²) in [5.41, 5.74) is 1.07. The van der Waals surface area contributed by atoms with Gasteiger partial charge in [0, 0.05) is 30.2 Å². The minimum Gasteiger partial charge on any atom is -0.493 e. The molecule has 1 aromatic carbocycles. The van der Waals surface area contributed by atoms with Crippen LogP contribution in [0.3, 0.4) is 0 Å². The lowest BCUT2D eigenvalue weighted by Gasteiger charge is -2.16. The van der Waals surface area contributed by atoms with Gasteiger partial charge in [0.15, 0.2) is 11.5 Å². The van der Waals surface area contributed by atoms with Crippen molar-refractivity contribution >= 4 is 17.5 Å². The fraction of sp³-hybridized carbons (Fsp3) is 0.200. The summed E-state index contributed by atoms with van der Waals surface area (Å²) in [5, 5.41) is 7.15. The van der Waals surface area contributed by atoms with E-state index in [9.17, 15) is 4.79 Å². The highest BCUT2D eigenvalue weighted by Crippen LogP contribution is 2.40. The van der Waals surface area contributed by atoms with Crippen LogP contribution >= 0.6 is 0 Å². The molecule has 3 aromatic heterocycles. The predicted octanol–water partition coefficient (Wildman–Crippen LogP) is 2.25. The van der Waals surface area contributed by atoms with Gasteiger partial charge in [-0.2, -0.15) is 5.10 Å².